The third kappa shape index (κ3) is 2.48. The van der Waals surface area contributed by atoms with Gasteiger partial charge in [-0.25, -0.2) is 0 Å². The van der Waals surface area contributed by atoms with Crippen LogP contribution in [-0.2, 0) is 0 Å². The minimum Gasteiger partial charge on any atom is -0.504 e. The number of phenols is 1. The van der Waals surface area contributed by atoms with Crippen LogP contribution in [0.4, 0.5) is 0 Å². The molecule has 3 N–H and O–H groups in total. The molecule has 0 saturated carbocycles. The van der Waals surface area contributed by atoms with E-state index in [1.165, 1.54) is 7.11 Å². The van der Waals surface area contributed by atoms with Gasteiger partial charge in [0, 0.05) is 22.1 Å². The number of phenolic OH excluding ortho intramolecular Hbond substituents is 1. The minimum atomic E-state index is -0.768. The summed E-state index contributed by atoms with van der Waals surface area (Å²) >= 11 is 3.37. The number of aliphatic hydroxyl groups is 1. The van der Waals surface area contributed by atoms with Gasteiger partial charge in [-0.2, -0.15) is 0 Å². The van der Waals surface area contributed by atoms with Crippen LogP contribution in [0.2, 0.25) is 0 Å². The van der Waals surface area contributed by atoms with Crippen molar-refractivity contribution >= 4 is 15.9 Å². The molecule has 4 nitrogen and oxygen atoms in total. The Labute approximate surface area is 103 Å². The number of benzene rings is 1. The molecule has 90 valence electrons. The van der Waals surface area contributed by atoms with Crippen LogP contribution in [0.25, 0.3) is 0 Å². The fourth-order valence-electron chi connectivity index (χ4n) is 1.54. The first-order valence-electron chi connectivity index (χ1n) is 4.91. The first kappa shape index (κ1) is 13.3. The zero-order valence-corrected chi connectivity index (χ0v) is 11.1. The van der Waals surface area contributed by atoms with Gasteiger partial charge < -0.3 is 20.3 Å². The van der Waals surface area contributed by atoms with Gasteiger partial charge in [0.25, 0.3) is 0 Å². The summed E-state index contributed by atoms with van der Waals surface area (Å²) in [4.78, 5) is 0. The highest BCUT2D eigenvalue weighted by molar-refractivity contribution is 9.10. The predicted molar refractivity (Wildman–Crippen MR) is 66.0 cm³/mol. The maximum Gasteiger partial charge on any atom is 0.164 e. The molecule has 0 heterocycles. The third-order valence-corrected chi connectivity index (χ3v) is 3.25. The third-order valence-electron chi connectivity index (χ3n) is 2.43. The second-order valence-electron chi connectivity index (χ2n) is 3.53. The van der Waals surface area contributed by atoms with E-state index in [1.807, 2.05) is 6.92 Å². The molecule has 0 radical (unpaired) electrons. The Morgan fingerprint density at radius 1 is 1.56 bits per heavy atom. The van der Waals surface area contributed by atoms with Crippen molar-refractivity contribution in [1.29, 1.82) is 0 Å². The molecule has 5 heteroatoms. The number of likely N-dealkylation sites (N-methyl/N-ethyl adjacent to an activating group) is 1. The van der Waals surface area contributed by atoms with Crippen molar-refractivity contribution in [2.24, 2.45) is 0 Å². The normalized spacial score (nSPS) is 12.6. The summed E-state index contributed by atoms with van der Waals surface area (Å²) in [7, 11) is 3.23. The van der Waals surface area contributed by atoms with Crippen molar-refractivity contribution in [3.8, 4) is 11.5 Å². The van der Waals surface area contributed by atoms with Crippen molar-refractivity contribution < 1.29 is 14.9 Å². The van der Waals surface area contributed by atoms with Gasteiger partial charge in [-0.1, -0.05) is 15.9 Å². The van der Waals surface area contributed by atoms with Gasteiger partial charge in [-0.3, -0.25) is 0 Å². The summed E-state index contributed by atoms with van der Waals surface area (Å²) in [5, 5.41) is 22.6. The van der Waals surface area contributed by atoms with E-state index in [1.54, 1.807) is 13.1 Å². The zero-order chi connectivity index (χ0) is 12.3. The Bertz CT molecular complexity index is 382. The van der Waals surface area contributed by atoms with E-state index in [-0.39, 0.29) is 5.75 Å². The van der Waals surface area contributed by atoms with Crippen LogP contribution in [-0.4, -0.2) is 30.9 Å². The van der Waals surface area contributed by atoms with Crippen molar-refractivity contribution in [1.82, 2.24) is 5.32 Å². The van der Waals surface area contributed by atoms with Crippen LogP contribution in [0.15, 0.2) is 10.5 Å². The summed E-state index contributed by atoms with van der Waals surface area (Å²) in [6, 6.07) is 1.70. The van der Waals surface area contributed by atoms with E-state index in [2.05, 4.69) is 21.2 Å². The lowest BCUT2D eigenvalue weighted by molar-refractivity contribution is 0.173. The molecule has 1 aromatic carbocycles. The summed E-state index contributed by atoms with van der Waals surface area (Å²) in [6.45, 7) is 2.20. The Kier molecular flexibility index (Phi) is 4.58. The van der Waals surface area contributed by atoms with E-state index in [0.29, 0.717) is 17.9 Å². The molecular formula is C11H16BrNO3. The van der Waals surface area contributed by atoms with Crippen molar-refractivity contribution in [3.63, 3.8) is 0 Å². The van der Waals surface area contributed by atoms with E-state index in [4.69, 9.17) is 4.74 Å². The van der Waals surface area contributed by atoms with Crippen LogP contribution in [0.1, 0.15) is 17.2 Å². The number of ether oxygens (including phenoxy) is 1. The van der Waals surface area contributed by atoms with Gasteiger partial charge in [0.2, 0.25) is 0 Å². The molecule has 1 atom stereocenters. The first-order chi connectivity index (χ1) is 7.52. The monoisotopic (exact) mass is 289 g/mol. The topological polar surface area (TPSA) is 61.7 Å². The van der Waals surface area contributed by atoms with Crippen LogP contribution in [0.5, 0.6) is 11.5 Å². The smallest absolute Gasteiger partial charge is 0.164 e. The van der Waals surface area contributed by atoms with E-state index >= 15 is 0 Å². The number of nitrogens with one attached hydrogen (secondary N) is 1. The molecule has 0 bridgehead atoms. The highest BCUT2D eigenvalue weighted by atomic mass is 79.9. The molecule has 1 rings (SSSR count). The number of hydrogen-bond acceptors (Lipinski definition) is 4. The largest absolute Gasteiger partial charge is 0.504 e. The van der Waals surface area contributed by atoms with Gasteiger partial charge in [0.1, 0.15) is 0 Å². The van der Waals surface area contributed by atoms with Gasteiger partial charge in [-0.15, -0.1) is 0 Å². The molecular weight excluding hydrogens is 274 g/mol. The molecule has 0 aromatic heterocycles. The highest BCUT2D eigenvalue weighted by Gasteiger charge is 2.19. The molecule has 16 heavy (non-hydrogen) atoms. The van der Waals surface area contributed by atoms with Crippen LogP contribution in [0, 0.1) is 6.92 Å². The van der Waals surface area contributed by atoms with Crippen molar-refractivity contribution in [2.45, 2.75) is 13.0 Å². The SMILES string of the molecule is CNCC(O)c1cc(Br)c(C)c(OC)c1O. The summed E-state index contributed by atoms with van der Waals surface area (Å²) < 4.78 is 5.91. The Morgan fingerprint density at radius 3 is 2.69 bits per heavy atom. The molecule has 1 unspecified atom stereocenters. The van der Waals surface area contributed by atoms with Gasteiger partial charge in [0.05, 0.1) is 13.2 Å². The second-order valence-corrected chi connectivity index (χ2v) is 4.38. The maximum atomic E-state index is 9.96. The van der Waals surface area contributed by atoms with Crippen molar-refractivity contribution in [2.75, 3.05) is 20.7 Å². The predicted octanol–water partition coefficient (Wildman–Crippen LogP) is 1.72. The highest BCUT2D eigenvalue weighted by Crippen LogP contribution is 2.40. The number of aliphatic hydroxyl groups excluding tert-OH is 1. The summed E-state index contributed by atoms with van der Waals surface area (Å²) in [5.41, 5.74) is 1.25. The van der Waals surface area contributed by atoms with Crippen LogP contribution >= 0.6 is 15.9 Å². The molecule has 0 saturated heterocycles. The molecule has 1 aromatic rings. The lowest BCUT2D eigenvalue weighted by Gasteiger charge is -2.17. The van der Waals surface area contributed by atoms with Gasteiger partial charge in [-0.05, 0) is 20.0 Å². The Hall–Kier alpha value is -0.780. The van der Waals surface area contributed by atoms with Crippen LogP contribution in [0.3, 0.4) is 0 Å². The molecule has 0 aliphatic heterocycles. The fraction of sp³-hybridized carbons (Fsp3) is 0.455. The van der Waals surface area contributed by atoms with Crippen LogP contribution < -0.4 is 10.1 Å². The van der Waals surface area contributed by atoms with Gasteiger partial charge in [0.15, 0.2) is 11.5 Å². The number of rotatable bonds is 4. The van der Waals surface area contributed by atoms with Crippen molar-refractivity contribution in [3.05, 3.63) is 21.7 Å². The number of aromatic hydroxyl groups is 1. The second kappa shape index (κ2) is 5.52. The van der Waals surface area contributed by atoms with E-state index in [9.17, 15) is 10.2 Å². The average Bonchev–Trinajstić information content (AvgIpc) is 2.24. The fourth-order valence-corrected chi connectivity index (χ4v) is 1.96. The Morgan fingerprint density at radius 2 is 2.19 bits per heavy atom. The average molecular weight is 290 g/mol. The maximum absolute atomic E-state index is 9.96. The van der Waals surface area contributed by atoms with E-state index < -0.39 is 6.10 Å². The molecule has 0 aliphatic carbocycles. The minimum absolute atomic E-state index is 0.00838. The number of halogens is 1. The number of hydrogen-bond donors (Lipinski definition) is 3. The lowest BCUT2D eigenvalue weighted by Crippen LogP contribution is -2.17. The summed E-state index contributed by atoms with van der Waals surface area (Å²) in [6.07, 6.45) is -0.768. The molecule has 0 spiro atoms. The summed E-state index contributed by atoms with van der Waals surface area (Å²) in [5.74, 6) is 0.380. The Balaban J connectivity index is 3.25. The molecule has 0 amide bonds. The molecule has 0 aliphatic rings. The van der Waals surface area contributed by atoms with E-state index in [0.717, 1.165) is 10.0 Å². The zero-order valence-electron chi connectivity index (χ0n) is 9.54. The van der Waals surface area contributed by atoms with Gasteiger partial charge >= 0.3 is 0 Å². The first-order valence-corrected chi connectivity index (χ1v) is 5.70. The number of methoxy groups -OCH3 is 1. The standard InChI is InChI=1S/C11H16BrNO3/c1-6-8(12)4-7(9(14)5-13-2)10(15)11(6)16-3/h4,9,13-15H,5H2,1-3H3. The quantitative estimate of drug-likeness (QED) is 0.790. The lowest BCUT2D eigenvalue weighted by atomic mass is 10.0. The molecule has 0 fully saturated rings.